The Hall–Kier alpha value is -2.67. The van der Waals surface area contributed by atoms with Crippen molar-refractivity contribution in [1.82, 2.24) is 14.7 Å². The van der Waals surface area contributed by atoms with Crippen molar-refractivity contribution < 1.29 is 19.4 Å². The van der Waals surface area contributed by atoms with Crippen LogP contribution in [-0.4, -0.2) is 57.0 Å². The number of ether oxygens (including phenoxy) is 1. The summed E-state index contributed by atoms with van der Waals surface area (Å²) in [6.07, 6.45) is 4.16. The number of morpholine rings is 1. The number of carboxylic acid groups (broad SMARTS) is 1. The third kappa shape index (κ3) is 2.99. The molecule has 7 nitrogen and oxygen atoms in total. The molecule has 0 radical (unpaired) electrons. The molecule has 4 rings (SSSR count). The van der Waals surface area contributed by atoms with Gasteiger partial charge in [0, 0.05) is 12.6 Å². The van der Waals surface area contributed by atoms with E-state index in [4.69, 9.17) is 4.74 Å². The third-order valence-electron chi connectivity index (χ3n) is 5.14. The zero-order chi connectivity index (χ0) is 18.1. The zero-order valence-corrected chi connectivity index (χ0v) is 14.4. The first-order valence-electron chi connectivity index (χ1n) is 8.96. The van der Waals surface area contributed by atoms with Crippen LogP contribution in [0.5, 0.6) is 0 Å². The van der Waals surface area contributed by atoms with Crippen LogP contribution in [0.4, 0.5) is 0 Å². The number of rotatable bonds is 3. The fourth-order valence-electron chi connectivity index (χ4n) is 3.90. The summed E-state index contributed by atoms with van der Waals surface area (Å²) in [6.45, 7) is 1.03. The molecule has 2 heterocycles. The number of carboxylic acids is 1. The molecular weight excluding hydrogens is 334 g/mol. The minimum absolute atomic E-state index is 0.0531. The lowest BCUT2D eigenvalue weighted by Gasteiger charge is -2.43. The Kier molecular flexibility index (Phi) is 4.46. The van der Waals surface area contributed by atoms with Gasteiger partial charge < -0.3 is 14.7 Å². The molecule has 0 spiro atoms. The highest BCUT2D eigenvalue weighted by Gasteiger charge is 2.38. The van der Waals surface area contributed by atoms with E-state index in [1.165, 1.54) is 10.7 Å². The van der Waals surface area contributed by atoms with Crippen molar-refractivity contribution in [1.29, 1.82) is 0 Å². The van der Waals surface area contributed by atoms with Crippen molar-refractivity contribution in [2.45, 2.75) is 37.8 Å². The maximum atomic E-state index is 13.3. The second-order valence-corrected chi connectivity index (χ2v) is 6.73. The summed E-state index contributed by atoms with van der Waals surface area (Å²) in [5, 5.41) is 13.5. The van der Waals surface area contributed by atoms with Crippen molar-refractivity contribution in [2.75, 3.05) is 13.2 Å². The minimum Gasteiger partial charge on any atom is -0.476 e. The molecule has 1 saturated heterocycles. The van der Waals surface area contributed by atoms with E-state index in [1.54, 1.807) is 12.1 Å². The second-order valence-electron chi connectivity index (χ2n) is 6.73. The Morgan fingerprint density at radius 3 is 2.69 bits per heavy atom. The molecule has 7 heteroatoms. The standard InChI is InChI=1S/C19H21N3O4/c23-18(21-10-11-26-17-9-5-4-8-15(17)21)16-12-14(19(24)25)20-22(16)13-6-2-1-3-7-13/h1-3,6-7,12,15,17H,4-5,8-11H2,(H,24,25)/t15-,17-/m1/s1. The highest BCUT2D eigenvalue weighted by molar-refractivity contribution is 5.96. The molecule has 0 unspecified atom stereocenters. The number of hydrogen-bond donors (Lipinski definition) is 1. The van der Waals surface area contributed by atoms with E-state index in [9.17, 15) is 14.7 Å². The van der Waals surface area contributed by atoms with Crippen LogP contribution in [0.15, 0.2) is 36.4 Å². The lowest BCUT2D eigenvalue weighted by molar-refractivity contribution is -0.0754. The second kappa shape index (κ2) is 6.92. The van der Waals surface area contributed by atoms with Crippen LogP contribution in [0.1, 0.15) is 46.7 Å². The van der Waals surface area contributed by atoms with Gasteiger partial charge in [0.25, 0.3) is 5.91 Å². The molecule has 1 saturated carbocycles. The molecule has 1 aromatic carbocycles. The molecule has 2 aromatic rings. The molecule has 2 atom stereocenters. The lowest BCUT2D eigenvalue weighted by atomic mass is 9.90. The van der Waals surface area contributed by atoms with E-state index in [0.29, 0.717) is 18.8 Å². The average Bonchev–Trinajstić information content (AvgIpc) is 3.13. The van der Waals surface area contributed by atoms with Crippen molar-refractivity contribution in [3.63, 3.8) is 0 Å². The number of benzene rings is 1. The van der Waals surface area contributed by atoms with Gasteiger partial charge in [-0.3, -0.25) is 4.79 Å². The van der Waals surface area contributed by atoms with Crippen molar-refractivity contribution in [2.24, 2.45) is 0 Å². The van der Waals surface area contributed by atoms with E-state index in [0.717, 1.165) is 25.7 Å². The first-order chi connectivity index (χ1) is 12.6. The maximum Gasteiger partial charge on any atom is 0.356 e. The van der Waals surface area contributed by atoms with Gasteiger partial charge in [0.15, 0.2) is 5.69 Å². The van der Waals surface area contributed by atoms with Crippen LogP contribution in [0.2, 0.25) is 0 Å². The summed E-state index contributed by atoms with van der Waals surface area (Å²) < 4.78 is 7.28. The molecule has 26 heavy (non-hydrogen) atoms. The molecule has 2 fully saturated rings. The number of fused-ring (bicyclic) bond motifs is 1. The van der Waals surface area contributed by atoms with E-state index in [-0.39, 0.29) is 29.4 Å². The fourth-order valence-corrected chi connectivity index (χ4v) is 3.90. The van der Waals surface area contributed by atoms with Gasteiger partial charge in [0.05, 0.1) is 24.4 Å². The van der Waals surface area contributed by atoms with Crippen molar-refractivity contribution in [3.05, 3.63) is 47.8 Å². The van der Waals surface area contributed by atoms with Crippen LogP contribution in [-0.2, 0) is 4.74 Å². The average molecular weight is 355 g/mol. The predicted octanol–water partition coefficient (Wildman–Crippen LogP) is 2.35. The van der Waals surface area contributed by atoms with Crippen LogP contribution in [0.3, 0.4) is 0 Å². The van der Waals surface area contributed by atoms with Gasteiger partial charge >= 0.3 is 5.97 Å². The van der Waals surface area contributed by atoms with Gasteiger partial charge in [-0.1, -0.05) is 31.0 Å². The smallest absolute Gasteiger partial charge is 0.356 e. The monoisotopic (exact) mass is 355 g/mol. The molecule has 2 aliphatic rings. The lowest BCUT2D eigenvalue weighted by Crippen LogP contribution is -2.55. The molecule has 1 aliphatic heterocycles. The van der Waals surface area contributed by atoms with Crippen LogP contribution in [0, 0.1) is 0 Å². The normalized spacial score (nSPS) is 22.7. The number of hydrogen-bond acceptors (Lipinski definition) is 4. The predicted molar refractivity (Wildman–Crippen MR) is 93.6 cm³/mol. The van der Waals surface area contributed by atoms with Gasteiger partial charge in [-0.25, -0.2) is 9.48 Å². The summed E-state index contributed by atoms with van der Waals surface area (Å²) in [5.74, 6) is -1.33. The van der Waals surface area contributed by atoms with Crippen LogP contribution in [0.25, 0.3) is 5.69 Å². The molecule has 1 aliphatic carbocycles. The van der Waals surface area contributed by atoms with Gasteiger partial charge in [-0.2, -0.15) is 5.10 Å². The van der Waals surface area contributed by atoms with Crippen molar-refractivity contribution in [3.8, 4) is 5.69 Å². The Balaban J connectivity index is 1.72. The first-order valence-corrected chi connectivity index (χ1v) is 8.96. The number of carbonyl (C=O) groups excluding carboxylic acids is 1. The Labute approximate surface area is 151 Å². The number of para-hydroxylation sites is 1. The SMILES string of the molecule is O=C(O)c1cc(C(=O)N2CCO[C@@H]3CCCC[C@H]32)n(-c2ccccc2)n1. The minimum atomic E-state index is -1.15. The zero-order valence-electron chi connectivity index (χ0n) is 14.4. The summed E-state index contributed by atoms with van der Waals surface area (Å²) in [4.78, 5) is 26.5. The molecular formula is C19H21N3O4. The summed E-state index contributed by atoms with van der Waals surface area (Å²) in [6, 6.07) is 10.6. The van der Waals surface area contributed by atoms with E-state index < -0.39 is 5.97 Å². The Morgan fingerprint density at radius 2 is 1.92 bits per heavy atom. The number of carbonyl (C=O) groups is 2. The Morgan fingerprint density at radius 1 is 1.15 bits per heavy atom. The van der Waals surface area contributed by atoms with Crippen molar-refractivity contribution >= 4 is 11.9 Å². The molecule has 1 N–H and O–H groups in total. The third-order valence-corrected chi connectivity index (χ3v) is 5.14. The van der Waals surface area contributed by atoms with Gasteiger partial charge in [-0.05, 0) is 25.0 Å². The van der Waals surface area contributed by atoms with Crippen LogP contribution >= 0.6 is 0 Å². The van der Waals surface area contributed by atoms with Gasteiger partial charge in [0.1, 0.15) is 5.69 Å². The summed E-state index contributed by atoms with van der Waals surface area (Å²) in [7, 11) is 0. The molecule has 0 bridgehead atoms. The number of aromatic nitrogens is 2. The number of aromatic carboxylic acids is 1. The fraction of sp³-hybridized carbons (Fsp3) is 0.421. The van der Waals surface area contributed by atoms with Gasteiger partial charge in [-0.15, -0.1) is 0 Å². The first kappa shape index (κ1) is 16.8. The van der Waals surface area contributed by atoms with Crippen LogP contribution < -0.4 is 0 Å². The Bertz CT molecular complexity index is 815. The maximum absolute atomic E-state index is 13.3. The molecule has 136 valence electrons. The van der Waals surface area contributed by atoms with Gasteiger partial charge in [0.2, 0.25) is 0 Å². The van der Waals surface area contributed by atoms with E-state index in [1.807, 2.05) is 23.1 Å². The quantitative estimate of drug-likeness (QED) is 0.914. The highest BCUT2D eigenvalue weighted by atomic mass is 16.5. The molecule has 1 aromatic heterocycles. The largest absolute Gasteiger partial charge is 0.476 e. The number of amides is 1. The number of nitrogens with zero attached hydrogens (tertiary/aromatic N) is 3. The van der Waals surface area contributed by atoms with E-state index >= 15 is 0 Å². The molecule has 1 amide bonds. The topological polar surface area (TPSA) is 84.7 Å². The highest BCUT2D eigenvalue weighted by Crippen LogP contribution is 2.30. The van der Waals surface area contributed by atoms with E-state index in [2.05, 4.69) is 5.10 Å². The summed E-state index contributed by atoms with van der Waals surface area (Å²) >= 11 is 0. The summed E-state index contributed by atoms with van der Waals surface area (Å²) in [5.41, 5.74) is 0.808.